The lowest BCUT2D eigenvalue weighted by atomic mass is 9.99. The first kappa shape index (κ1) is 19.0. The number of nitrogens with one attached hydrogen (secondary N) is 1. The lowest BCUT2D eigenvalue weighted by molar-refractivity contribution is -0.274. The van der Waals surface area contributed by atoms with E-state index in [-0.39, 0.29) is 18.2 Å². The third kappa shape index (κ3) is 4.18. The van der Waals surface area contributed by atoms with Crippen LogP contribution in [0, 0.1) is 0 Å². The minimum absolute atomic E-state index is 0. The Balaban J connectivity index is 0.00000225. The van der Waals surface area contributed by atoms with E-state index in [1.807, 2.05) is 18.2 Å². The molecular weight excluding hydrogens is 357 g/mol. The number of rotatable bonds is 4. The summed E-state index contributed by atoms with van der Waals surface area (Å²) in [6.45, 7) is 0. The van der Waals surface area contributed by atoms with Gasteiger partial charge < -0.3 is 20.2 Å². The minimum atomic E-state index is -4.71. The molecule has 3 aromatic rings. The molecule has 0 radical (unpaired) electrons. The molecule has 3 rings (SSSR count). The third-order valence-electron chi connectivity index (χ3n) is 3.73. The molecule has 0 saturated heterocycles. The summed E-state index contributed by atoms with van der Waals surface area (Å²) < 4.78 is 45.7. The van der Waals surface area contributed by atoms with Crippen molar-refractivity contribution in [1.82, 2.24) is 4.98 Å². The number of hydrogen-bond acceptors (Lipinski definition) is 3. The molecular formula is C17H16ClF3N2O2. The third-order valence-corrected chi connectivity index (χ3v) is 3.73. The average Bonchev–Trinajstić information content (AvgIpc) is 2.96. The van der Waals surface area contributed by atoms with Crippen molar-refractivity contribution in [2.45, 2.75) is 12.4 Å². The lowest BCUT2D eigenvalue weighted by Crippen LogP contribution is -2.17. The van der Waals surface area contributed by atoms with Crippen molar-refractivity contribution >= 4 is 23.3 Å². The van der Waals surface area contributed by atoms with Gasteiger partial charge in [-0.1, -0.05) is 12.1 Å². The largest absolute Gasteiger partial charge is 0.573 e. The van der Waals surface area contributed by atoms with Crippen LogP contribution in [0.3, 0.4) is 0 Å². The maximum Gasteiger partial charge on any atom is 0.573 e. The van der Waals surface area contributed by atoms with E-state index >= 15 is 0 Å². The van der Waals surface area contributed by atoms with Crippen molar-refractivity contribution in [3.05, 3.63) is 59.8 Å². The van der Waals surface area contributed by atoms with Crippen LogP contribution < -0.4 is 15.2 Å². The van der Waals surface area contributed by atoms with Gasteiger partial charge in [-0.3, -0.25) is 0 Å². The predicted octanol–water partition coefficient (Wildman–Crippen LogP) is 4.55. The Morgan fingerprint density at radius 2 is 1.68 bits per heavy atom. The molecule has 0 fully saturated rings. The van der Waals surface area contributed by atoms with Gasteiger partial charge in [0.1, 0.15) is 11.5 Å². The van der Waals surface area contributed by atoms with Crippen molar-refractivity contribution in [1.29, 1.82) is 0 Å². The van der Waals surface area contributed by atoms with Gasteiger partial charge in [0.05, 0.1) is 13.2 Å². The molecule has 1 atom stereocenters. The monoisotopic (exact) mass is 372 g/mol. The Hall–Kier alpha value is -2.38. The number of halogens is 4. The highest BCUT2D eigenvalue weighted by molar-refractivity contribution is 5.86. The van der Waals surface area contributed by atoms with E-state index in [4.69, 9.17) is 10.5 Å². The maximum absolute atomic E-state index is 12.2. The number of alkyl halides is 3. The first-order valence-corrected chi connectivity index (χ1v) is 7.14. The summed E-state index contributed by atoms with van der Waals surface area (Å²) in [5.41, 5.74) is 8.67. The zero-order chi connectivity index (χ0) is 17.3. The number of hydrogen-bond donors (Lipinski definition) is 2. The molecule has 0 aliphatic carbocycles. The van der Waals surface area contributed by atoms with Crippen molar-refractivity contribution in [2.75, 3.05) is 7.11 Å². The molecule has 8 heteroatoms. The molecule has 1 heterocycles. The number of fused-ring (bicyclic) bond motifs is 1. The fraction of sp³-hybridized carbons (Fsp3) is 0.176. The zero-order valence-corrected chi connectivity index (χ0v) is 13.9. The SMILES string of the molecule is COc1ccc2[nH]cc([C@@H](N)c3ccc(OC(F)(F)F)cc3)c2c1.Cl. The van der Waals surface area contributed by atoms with E-state index in [0.717, 1.165) is 16.5 Å². The van der Waals surface area contributed by atoms with Gasteiger partial charge in [0.15, 0.2) is 0 Å². The van der Waals surface area contributed by atoms with Crippen LogP contribution >= 0.6 is 12.4 Å². The molecule has 0 unspecified atom stereocenters. The fourth-order valence-electron chi connectivity index (χ4n) is 2.56. The fourth-order valence-corrected chi connectivity index (χ4v) is 2.56. The number of ether oxygens (including phenoxy) is 2. The van der Waals surface area contributed by atoms with Gasteiger partial charge in [0.2, 0.25) is 0 Å². The summed E-state index contributed by atoms with van der Waals surface area (Å²) in [6.07, 6.45) is -2.92. The number of aromatic nitrogens is 1. The smallest absolute Gasteiger partial charge is 0.497 e. The van der Waals surface area contributed by atoms with E-state index in [1.54, 1.807) is 13.3 Å². The highest BCUT2D eigenvalue weighted by Crippen LogP contribution is 2.31. The van der Waals surface area contributed by atoms with Gasteiger partial charge in [-0.25, -0.2) is 0 Å². The standard InChI is InChI=1S/C17H15F3N2O2.ClH/c1-23-12-6-7-15-13(8-12)14(9-22-15)16(21)10-2-4-11(5-3-10)24-17(18,19)20;/h2-9,16,22H,21H2,1H3;1H/t16-;/m0./s1. The average molecular weight is 373 g/mol. The molecule has 0 aliphatic rings. The molecule has 134 valence electrons. The van der Waals surface area contributed by atoms with E-state index < -0.39 is 12.4 Å². The summed E-state index contributed by atoms with van der Waals surface area (Å²) in [5.74, 6) is 0.420. The first-order valence-electron chi connectivity index (χ1n) is 7.14. The summed E-state index contributed by atoms with van der Waals surface area (Å²) >= 11 is 0. The normalized spacial score (nSPS) is 12.5. The van der Waals surface area contributed by atoms with E-state index in [9.17, 15) is 13.2 Å². The molecule has 0 bridgehead atoms. The van der Waals surface area contributed by atoms with Crippen LogP contribution in [0.4, 0.5) is 13.2 Å². The second kappa shape index (κ2) is 7.25. The summed E-state index contributed by atoms with van der Waals surface area (Å²) in [5, 5.41) is 0.900. The molecule has 2 aromatic carbocycles. The van der Waals surface area contributed by atoms with Gasteiger partial charge in [-0.2, -0.15) is 0 Å². The Morgan fingerprint density at radius 1 is 1.04 bits per heavy atom. The van der Waals surface area contributed by atoms with Gasteiger partial charge in [0, 0.05) is 17.1 Å². The van der Waals surface area contributed by atoms with E-state index in [0.29, 0.717) is 11.3 Å². The number of aromatic amines is 1. The van der Waals surface area contributed by atoms with Gasteiger partial charge in [0.25, 0.3) is 0 Å². The maximum atomic E-state index is 12.2. The van der Waals surface area contributed by atoms with Crippen LogP contribution in [0.1, 0.15) is 17.2 Å². The molecule has 25 heavy (non-hydrogen) atoms. The molecule has 1 aromatic heterocycles. The van der Waals surface area contributed by atoms with E-state index in [1.165, 1.54) is 24.3 Å². The van der Waals surface area contributed by atoms with Crippen LogP contribution in [-0.4, -0.2) is 18.5 Å². The zero-order valence-electron chi connectivity index (χ0n) is 13.1. The second-order valence-electron chi connectivity index (χ2n) is 5.25. The quantitative estimate of drug-likeness (QED) is 0.706. The topological polar surface area (TPSA) is 60.3 Å². The number of benzene rings is 2. The molecule has 3 N–H and O–H groups in total. The van der Waals surface area contributed by atoms with Crippen LogP contribution in [0.15, 0.2) is 48.7 Å². The van der Waals surface area contributed by atoms with Crippen LogP contribution in [0.5, 0.6) is 11.5 Å². The van der Waals surface area contributed by atoms with Crippen molar-refractivity contribution in [3.63, 3.8) is 0 Å². The molecule has 0 spiro atoms. The highest BCUT2D eigenvalue weighted by atomic mass is 35.5. The highest BCUT2D eigenvalue weighted by Gasteiger charge is 2.31. The number of nitrogens with two attached hydrogens (primary N) is 1. The summed E-state index contributed by atoms with van der Waals surface area (Å²) in [4.78, 5) is 3.12. The van der Waals surface area contributed by atoms with Crippen molar-refractivity contribution in [2.24, 2.45) is 5.73 Å². The van der Waals surface area contributed by atoms with Crippen LogP contribution in [0.25, 0.3) is 10.9 Å². The second-order valence-corrected chi connectivity index (χ2v) is 5.25. The van der Waals surface area contributed by atoms with Crippen LogP contribution in [0.2, 0.25) is 0 Å². The van der Waals surface area contributed by atoms with Crippen molar-refractivity contribution in [3.8, 4) is 11.5 Å². The predicted molar refractivity (Wildman–Crippen MR) is 91.3 cm³/mol. The molecule has 0 aliphatic heterocycles. The Bertz CT molecular complexity index is 847. The van der Waals surface area contributed by atoms with Gasteiger partial charge >= 0.3 is 6.36 Å². The minimum Gasteiger partial charge on any atom is -0.497 e. The summed E-state index contributed by atoms with van der Waals surface area (Å²) in [6, 6.07) is 10.6. The first-order chi connectivity index (χ1) is 11.4. The van der Waals surface area contributed by atoms with Crippen LogP contribution in [-0.2, 0) is 0 Å². The molecule has 0 amide bonds. The Morgan fingerprint density at radius 3 is 2.28 bits per heavy atom. The number of methoxy groups -OCH3 is 1. The Kier molecular flexibility index (Phi) is 5.49. The summed E-state index contributed by atoms with van der Waals surface area (Å²) in [7, 11) is 1.58. The molecule has 0 saturated carbocycles. The lowest BCUT2D eigenvalue weighted by Gasteiger charge is -2.13. The molecule has 4 nitrogen and oxygen atoms in total. The van der Waals surface area contributed by atoms with E-state index in [2.05, 4.69) is 9.72 Å². The van der Waals surface area contributed by atoms with Crippen molar-refractivity contribution < 1.29 is 22.6 Å². The number of H-pyrrole nitrogens is 1. The van der Waals surface area contributed by atoms with Gasteiger partial charge in [-0.05, 0) is 41.5 Å². The van der Waals surface area contributed by atoms with Gasteiger partial charge in [-0.15, -0.1) is 25.6 Å². The Labute approximate surface area is 148 Å².